The number of halogens is 1. The SMILES string of the molecule is O=C(CCc1ccc(Cl)s1)Nc1ccccc1-c1cccs1. The molecule has 3 rings (SSSR count). The Morgan fingerprint density at radius 3 is 2.68 bits per heavy atom. The summed E-state index contributed by atoms with van der Waals surface area (Å²) in [7, 11) is 0. The predicted molar refractivity (Wildman–Crippen MR) is 96.0 cm³/mol. The zero-order valence-electron chi connectivity index (χ0n) is 11.7. The molecule has 0 bridgehead atoms. The van der Waals surface area contributed by atoms with Crippen LogP contribution >= 0.6 is 34.3 Å². The first-order valence-corrected chi connectivity index (χ1v) is 8.97. The molecule has 2 aromatic heterocycles. The van der Waals surface area contributed by atoms with Gasteiger partial charge in [0.25, 0.3) is 0 Å². The Balaban J connectivity index is 1.67. The second-order valence-corrected chi connectivity index (χ2v) is 7.52. The van der Waals surface area contributed by atoms with E-state index in [0.29, 0.717) is 12.8 Å². The quantitative estimate of drug-likeness (QED) is 0.630. The average Bonchev–Trinajstić information content (AvgIpc) is 3.17. The fourth-order valence-corrected chi connectivity index (χ4v) is 4.03. The number of para-hydroxylation sites is 1. The maximum Gasteiger partial charge on any atom is 0.224 e. The standard InChI is InChI=1S/C17H14ClNOS2/c18-16-9-7-12(22-16)8-10-17(20)19-14-5-2-1-4-13(14)15-6-3-11-21-15/h1-7,9,11H,8,10H2,(H,19,20). The molecule has 22 heavy (non-hydrogen) atoms. The Morgan fingerprint density at radius 2 is 1.95 bits per heavy atom. The van der Waals surface area contributed by atoms with E-state index in [0.717, 1.165) is 25.3 Å². The summed E-state index contributed by atoms with van der Waals surface area (Å²) in [6.07, 6.45) is 1.17. The number of rotatable bonds is 5. The van der Waals surface area contributed by atoms with E-state index in [4.69, 9.17) is 11.6 Å². The number of benzene rings is 1. The van der Waals surface area contributed by atoms with Crippen LogP contribution in [0.3, 0.4) is 0 Å². The summed E-state index contributed by atoms with van der Waals surface area (Å²) in [4.78, 5) is 14.5. The highest BCUT2D eigenvalue weighted by Crippen LogP contribution is 2.31. The lowest BCUT2D eigenvalue weighted by Gasteiger charge is -2.09. The fraction of sp³-hybridized carbons (Fsp3) is 0.118. The highest BCUT2D eigenvalue weighted by atomic mass is 35.5. The first-order chi connectivity index (χ1) is 10.7. The second kappa shape index (κ2) is 7.09. The van der Waals surface area contributed by atoms with E-state index in [9.17, 15) is 4.79 Å². The number of hydrogen-bond acceptors (Lipinski definition) is 3. The van der Waals surface area contributed by atoms with Crippen LogP contribution in [-0.2, 0) is 11.2 Å². The summed E-state index contributed by atoms with van der Waals surface area (Å²) in [5, 5.41) is 5.05. The molecule has 2 heterocycles. The summed E-state index contributed by atoms with van der Waals surface area (Å²) >= 11 is 9.09. The Kier molecular flexibility index (Phi) is 4.93. The van der Waals surface area contributed by atoms with E-state index < -0.39 is 0 Å². The molecular formula is C17H14ClNOS2. The zero-order valence-corrected chi connectivity index (χ0v) is 14.1. The van der Waals surface area contributed by atoms with Crippen molar-refractivity contribution in [3.8, 4) is 10.4 Å². The molecule has 0 radical (unpaired) electrons. The van der Waals surface area contributed by atoms with Gasteiger partial charge in [-0.3, -0.25) is 4.79 Å². The Labute approximate surface area is 142 Å². The molecule has 0 fully saturated rings. The molecule has 0 saturated heterocycles. The van der Waals surface area contributed by atoms with Crippen molar-refractivity contribution < 1.29 is 4.79 Å². The largest absolute Gasteiger partial charge is 0.325 e. The summed E-state index contributed by atoms with van der Waals surface area (Å²) in [5.41, 5.74) is 1.92. The topological polar surface area (TPSA) is 29.1 Å². The molecule has 112 valence electrons. The van der Waals surface area contributed by atoms with Gasteiger partial charge in [-0.25, -0.2) is 0 Å². The van der Waals surface area contributed by atoms with Crippen LogP contribution in [0.5, 0.6) is 0 Å². The molecule has 0 atom stereocenters. The highest BCUT2D eigenvalue weighted by Gasteiger charge is 2.09. The molecule has 0 aliphatic rings. The van der Waals surface area contributed by atoms with Crippen molar-refractivity contribution in [1.82, 2.24) is 0 Å². The van der Waals surface area contributed by atoms with Crippen molar-refractivity contribution in [2.45, 2.75) is 12.8 Å². The molecule has 5 heteroatoms. The van der Waals surface area contributed by atoms with E-state index in [1.807, 2.05) is 47.8 Å². The summed E-state index contributed by atoms with van der Waals surface area (Å²) < 4.78 is 0.762. The molecule has 0 spiro atoms. The Morgan fingerprint density at radius 1 is 1.09 bits per heavy atom. The number of hydrogen-bond donors (Lipinski definition) is 1. The fourth-order valence-electron chi connectivity index (χ4n) is 2.17. The number of amides is 1. The molecule has 0 unspecified atom stereocenters. The minimum atomic E-state index is 0.0218. The predicted octanol–water partition coefficient (Wildman–Crippen LogP) is 5.70. The van der Waals surface area contributed by atoms with Gasteiger partial charge in [-0.2, -0.15) is 0 Å². The molecule has 1 aromatic carbocycles. The first-order valence-electron chi connectivity index (χ1n) is 6.89. The van der Waals surface area contributed by atoms with Gasteiger partial charge in [-0.15, -0.1) is 22.7 Å². The molecule has 0 saturated carbocycles. The molecule has 1 amide bonds. The van der Waals surface area contributed by atoms with Crippen molar-refractivity contribution in [2.75, 3.05) is 5.32 Å². The van der Waals surface area contributed by atoms with Crippen molar-refractivity contribution in [3.05, 3.63) is 63.1 Å². The van der Waals surface area contributed by atoms with Crippen molar-refractivity contribution in [2.24, 2.45) is 0 Å². The van der Waals surface area contributed by atoms with Crippen LogP contribution in [0, 0.1) is 0 Å². The first kappa shape index (κ1) is 15.3. The minimum absolute atomic E-state index is 0.0218. The van der Waals surface area contributed by atoms with Crippen molar-refractivity contribution >= 4 is 45.9 Å². The van der Waals surface area contributed by atoms with E-state index in [-0.39, 0.29) is 5.91 Å². The van der Waals surface area contributed by atoms with Crippen LogP contribution in [0.2, 0.25) is 4.34 Å². The summed E-state index contributed by atoms with van der Waals surface area (Å²) in [6.45, 7) is 0. The van der Waals surface area contributed by atoms with Gasteiger partial charge in [-0.05, 0) is 36.1 Å². The smallest absolute Gasteiger partial charge is 0.224 e. The number of thiophene rings is 2. The lowest BCUT2D eigenvalue weighted by atomic mass is 10.1. The van der Waals surface area contributed by atoms with Gasteiger partial charge < -0.3 is 5.32 Å². The summed E-state index contributed by atoms with van der Waals surface area (Å²) in [5.74, 6) is 0.0218. The van der Waals surface area contributed by atoms with Crippen LogP contribution in [0.25, 0.3) is 10.4 Å². The monoisotopic (exact) mass is 347 g/mol. The highest BCUT2D eigenvalue weighted by molar-refractivity contribution is 7.16. The van der Waals surface area contributed by atoms with Gasteiger partial charge >= 0.3 is 0 Å². The maximum atomic E-state index is 12.2. The van der Waals surface area contributed by atoms with Gasteiger partial charge in [-0.1, -0.05) is 35.9 Å². The van der Waals surface area contributed by atoms with Crippen molar-refractivity contribution in [3.63, 3.8) is 0 Å². The van der Waals surface area contributed by atoms with Crippen LogP contribution in [0.1, 0.15) is 11.3 Å². The summed E-state index contributed by atoms with van der Waals surface area (Å²) in [6, 6.07) is 15.8. The van der Waals surface area contributed by atoms with Crippen LogP contribution in [0.4, 0.5) is 5.69 Å². The number of nitrogens with one attached hydrogen (secondary N) is 1. The van der Waals surface area contributed by atoms with Gasteiger partial charge in [0, 0.05) is 27.4 Å². The average molecular weight is 348 g/mol. The molecule has 3 aromatic rings. The Bertz CT molecular complexity index is 765. The Hall–Kier alpha value is -1.62. The third kappa shape index (κ3) is 3.77. The molecule has 1 N–H and O–H groups in total. The lowest BCUT2D eigenvalue weighted by molar-refractivity contribution is -0.116. The lowest BCUT2D eigenvalue weighted by Crippen LogP contribution is -2.12. The van der Waals surface area contributed by atoms with Gasteiger partial charge in [0.05, 0.1) is 4.34 Å². The number of carbonyl (C=O) groups excluding carboxylic acids is 1. The van der Waals surface area contributed by atoms with E-state index in [2.05, 4.69) is 11.4 Å². The third-order valence-corrected chi connectivity index (χ3v) is 5.41. The number of carbonyl (C=O) groups is 1. The van der Waals surface area contributed by atoms with Crippen molar-refractivity contribution in [1.29, 1.82) is 0 Å². The van der Waals surface area contributed by atoms with E-state index in [1.165, 1.54) is 11.3 Å². The van der Waals surface area contributed by atoms with E-state index >= 15 is 0 Å². The minimum Gasteiger partial charge on any atom is -0.325 e. The molecule has 2 nitrogen and oxygen atoms in total. The molecule has 0 aliphatic carbocycles. The van der Waals surface area contributed by atoms with Gasteiger partial charge in [0.2, 0.25) is 5.91 Å². The van der Waals surface area contributed by atoms with E-state index in [1.54, 1.807) is 11.3 Å². The normalized spacial score (nSPS) is 10.6. The van der Waals surface area contributed by atoms with Crippen LogP contribution < -0.4 is 5.32 Å². The van der Waals surface area contributed by atoms with Crippen LogP contribution in [-0.4, -0.2) is 5.91 Å². The van der Waals surface area contributed by atoms with Crippen LogP contribution in [0.15, 0.2) is 53.9 Å². The second-order valence-electron chi connectivity index (χ2n) is 4.78. The maximum absolute atomic E-state index is 12.2. The molecule has 0 aliphatic heterocycles. The van der Waals surface area contributed by atoms with Gasteiger partial charge in [0.1, 0.15) is 0 Å². The zero-order chi connectivity index (χ0) is 15.4. The number of aryl methyl sites for hydroxylation is 1. The molecular weight excluding hydrogens is 334 g/mol. The number of anilines is 1. The third-order valence-electron chi connectivity index (χ3n) is 3.22. The van der Waals surface area contributed by atoms with Gasteiger partial charge in [0.15, 0.2) is 0 Å².